The van der Waals surface area contributed by atoms with Crippen molar-refractivity contribution < 1.29 is 4.79 Å². The third kappa shape index (κ3) is 6.43. The van der Waals surface area contributed by atoms with E-state index in [1.54, 1.807) is 0 Å². The Morgan fingerprint density at radius 1 is 1.04 bits per heavy atom. The molecule has 0 aromatic heterocycles. The minimum Gasteiger partial charge on any atom is -0.372 e. The van der Waals surface area contributed by atoms with E-state index in [1.165, 1.54) is 24.1 Å². The minimum atomic E-state index is 0.187. The van der Waals surface area contributed by atoms with Crippen molar-refractivity contribution in [3.8, 4) is 0 Å². The molecule has 6 nitrogen and oxygen atoms in total. The highest BCUT2D eigenvalue weighted by molar-refractivity contribution is 5.81. The van der Waals surface area contributed by atoms with Gasteiger partial charge in [-0.1, -0.05) is 19.1 Å². The fraction of sp³-hybridized carbons (Fsp3) is 0.636. The molecule has 6 heteroatoms. The molecule has 0 bridgehead atoms. The van der Waals surface area contributed by atoms with E-state index in [2.05, 4.69) is 64.0 Å². The van der Waals surface area contributed by atoms with E-state index in [4.69, 9.17) is 0 Å². The Morgan fingerprint density at radius 3 is 2.36 bits per heavy atom. The van der Waals surface area contributed by atoms with Crippen molar-refractivity contribution in [2.45, 2.75) is 46.1 Å². The normalized spacial score (nSPS) is 18.1. The molecular weight excluding hydrogens is 350 g/mol. The number of amides is 1. The summed E-state index contributed by atoms with van der Waals surface area (Å²) in [6, 6.07) is 8.79. The van der Waals surface area contributed by atoms with Gasteiger partial charge in [-0.25, -0.2) is 4.99 Å². The Hall–Kier alpha value is -2.24. The topological polar surface area (TPSA) is 68.8 Å². The number of piperidine rings is 1. The van der Waals surface area contributed by atoms with E-state index in [0.717, 1.165) is 44.4 Å². The number of carbonyl (C=O) groups excluding carboxylic acids is 1. The number of nitrogens with zero attached hydrogens (tertiary/aromatic N) is 2. The first kappa shape index (κ1) is 20.5. The van der Waals surface area contributed by atoms with Crippen molar-refractivity contribution in [1.82, 2.24) is 16.0 Å². The lowest BCUT2D eigenvalue weighted by Crippen LogP contribution is -2.41. The maximum Gasteiger partial charge on any atom is 0.223 e. The van der Waals surface area contributed by atoms with Crippen molar-refractivity contribution >= 4 is 17.6 Å². The maximum absolute atomic E-state index is 11.7. The summed E-state index contributed by atoms with van der Waals surface area (Å²) >= 11 is 0. The number of aliphatic imine (C=N–C) groups is 1. The third-order valence-corrected chi connectivity index (χ3v) is 5.51. The molecule has 0 spiro atoms. The highest BCUT2D eigenvalue weighted by Gasteiger charge is 2.28. The highest BCUT2D eigenvalue weighted by atomic mass is 16.2. The smallest absolute Gasteiger partial charge is 0.223 e. The Balaban J connectivity index is 1.44. The van der Waals surface area contributed by atoms with E-state index in [0.29, 0.717) is 19.6 Å². The van der Waals surface area contributed by atoms with Crippen LogP contribution in [0.1, 0.15) is 45.1 Å². The van der Waals surface area contributed by atoms with Crippen molar-refractivity contribution in [2.24, 2.45) is 16.8 Å². The van der Waals surface area contributed by atoms with Crippen LogP contribution in [0.3, 0.4) is 0 Å². The number of hydrogen-bond acceptors (Lipinski definition) is 3. The number of hydrogen-bond donors (Lipinski definition) is 3. The van der Waals surface area contributed by atoms with Crippen LogP contribution in [0.25, 0.3) is 0 Å². The van der Waals surface area contributed by atoms with Gasteiger partial charge in [0.25, 0.3) is 0 Å². The molecule has 3 N–H and O–H groups in total. The van der Waals surface area contributed by atoms with Gasteiger partial charge in [0.1, 0.15) is 0 Å². The summed E-state index contributed by atoms with van der Waals surface area (Å²) in [5.41, 5.74) is 2.52. The first-order valence-corrected chi connectivity index (χ1v) is 10.8. The SMILES string of the molecule is CCNC(=NCc1ccc(N2CCC(C)CC2)cc1)NCCNC(=O)C1CC1. The molecule has 0 atom stereocenters. The predicted octanol–water partition coefficient (Wildman–Crippen LogP) is 2.50. The van der Waals surface area contributed by atoms with Crippen LogP contribution in [0, 0.1) is 11.8 Å². The molecule has 1 aliphatic heterocycles. The number of nitrogens with one attached hydrogen (secondary N) is 3. The van der Waals surface area contributed by atoms with E-state index < -0.39 is 0 Å². The second kappa shape index (κ2) is 10.3. The fourth-order valence-corrected chi connectivity index (χ4v) is 3.45. The standard InChI is InChI=1S/C22H35N5O/c1-3-23-22(25-13-12-24-21(28)19-6-7-19)26-16-18-4-8-20(9-5-18)27-14-10-17(2)11-15-27/h4-5,8-9,17,19H,3,6-7,10-16H2,1-2H3,(H,24,28)(H2,23,25,26). The quantitative estimate of drug-likeness (QED) is 0.365. The van der Waals surface area contributed by atoms with Gasteiger partial charge in [0.05, 0.1) is 6.54 Å². The first-order chi connectivity index (χ1) is 13.7. The van der Waals surface area contributed by atoms with Crippen LogP contribution in [0.4, 0.5) is 5.69 Å². The fourth-order valence-electron chi connectivity index (χ4n) is 3.45. The molecule has 2 fully saturated rings. The van der Waals surface area contributed by atoms with Gasteiger partial charge in [-0.05, 0) is 56.2 Å². The molecule has 1 heterocycles. The van der Waals surface area contributed by atoms with Gasteiger partial charge in [-0.2, -0.15) is 0 Å². The summed E-state index contributed by atoms with van der Waals surface area (Å²) in [6.07, 6.45) is 4.65. The number of benzene rings is 1. The minimum absolute atomic E-state index is 0.187. The number of rotatable bonds is 8. The zero-order valence-corrected chi connectivity index (χ0v) is 17.3. The molecule has 3 rings (SSSR count). The summed E-state index contributed by atoms with van der Waals surface area (Å²) in [7, 11) is 0. The van der Waals surface area contributed by atoms with Gasteiger partial charge >= 0.3 is 0 Å². The maximum atomic E-state index is 11.7. The number of anilines is 1. The Kier molecular flexibility index (Phi) is 7.57. The van der Waals surface area contributed by atoms with Crippen LogP contribution in [0.15, 0.2) is 29.3 Å². The van der Waals surface area contributed by atoms with Gasteiger partial charge in [0.15, 0.2) is 5.96 Å². The number of carbonyl (C=O) groups is 1. The van der Waals surface area contributed by atoms with Gasteiger partial charge in [-0.15, -0.1) is 0 Å². The van der Waals surface area contributed by atoms with E-state index in [1.807, 2.05) is 0 Å². The lowest BCUT2D eigenvalue weighted by Gasteiger charge is -2.32. The molecule has 0 radical (unpaired) electrons. The monoisotopic (exact) mass is 385 g/mol. The largest absolute Gasteiger partial charge is 0.372 e. The highest BCUT2D eigenvalue weighted by Crippen LogP contribution is 2.28. The molecule has 1 amide bonds. The Labute approximate surface area is 169 Å². The summed E-state index contributed by atoms with van der Waals surface area (Å²) in [4.78, 5) is 18.8. The van der Waals surface area contributed by atoms with Gasteiger partial charge in [-0.3, -0.25) is 4.79 Å². The lowest BCUT2D eigenvalue weighted by atomic mass is 9.99. The third-order valence-electron chi connectivity index (χ3n) is 5.51. The second-order valence-corrected chi connectivity index (χ2v) is 8.02. The molecule has 28 heavy (non-hydrogen) atoms. The van der Waals surface area contributed by atoms with Gasteiger partial charge in [0, 0.05) is 44.3 Å². The van der Waals surface area contributed by atoms with Gasteiger partial charge in [0.2, 0.25) is 5.91 Å². The molecule has 1 aromatic carbocycles. The molecule has 1 saturated carbocycles. The van der Waals surface area contributed by atoms with Crippen LogP contribution >= 0.6 is 0 Å². The molecule has 1 aliphatic carbocycles. The molecule has 1 aromatic rings. The summed E-state index contributed by atoms with van der Waals surface area (Å²) in [5.74, 6) is 2.09. The molecular formula is C22H35N5O. The van der Waals surface area contributed by atoms with Crippen molar-refractivity contribution in [1.29, 1.82) is 0 Å². The van der Waals surface area contributed by atoms with Crippen LogP contribution < -0.4 is 20.9 Å². The first-order valence-electron chi connectivity index (χ1n) is 10.8. The summed E-state index contributed by atoms with van der Waals surface area (Å²) in [6.45, 7) is 9.47. The molecule has 154 valence electrons. The van der Waals surface area contributed by atoms with Crippen LogP contribution in [-0.2, 0) is 11.3 Å². The summed E-state index contributed by atoms with van der Waals surface area (Å²) < 4.78 is 0. The predicted molar refractivity (Wildman–Crippen MR) is 116 cm³/mol. The van der Waals surface area contributed by atoms with Crippen molar-refractivity contribution in [3.63, 3.8) is 0 Å². The Morgan fingerprint density at radius 2 is 1.71 bits per heavy atom. The Bertz CT molecular complexity index is 645. The number of guanidine groups is 1. The van der Waals surface area contributed by atoms with Crippen LogP contribution in [0.5, 0.6) is 0 Å². The summed E-state index contributed by atoms with van der Waals surface area (Å²) in [5, 5.41) is 9.52. The second-order valence-electron chi connectivity index (χ2n) is 8.02. The zero-order chi connectivity index (χ0) is 19.8. The lowest BCUT2D eigenvalue weighted by molar-refractivity contribution is -0.122. The van der Waals surface area contributed by atoms with Crippen LogP contribution in [-0.4, -0.2) is 44.6 Å². The van der Waals surface area contributed by atoms with Crippen LogP contribution in [0.2, 0.25) is 0 Å². The molecule has 0 unspecified atom stereocenters. The van der Waals surface area contributed by atoms with E-state index >= 15 is 0 Å². The van der Waals surface area contributed by atoms with E-state index in [9.17, 15) is 4.79 Å². The van der Waals surface area contributed by atoms with Gasteiger partial charge < -0.3 is 20.9 Å². The average molecular weight is 386 g/mol. The van der Waals surface area contributed by atoms with Crippen molar-refractivity contribution in [3.05, 3.63) is 29.8 Å². The molecule has 2 aliphatic rings. The molecule has 1 saturated heterocycles. The van der Waals surface area contributed by atoms with Crippen molar-refractivity contribution in [2.75, 3.05) is 37.6 Å². The zero-order valence-electron chi connectivity index (χ0n) is 17.3. The van der Waals surface area contributed by atoms with E-state index in [-0.39, 0.29) is 11.8 Å². The average Bonchev–Trinajstić information content (AvgIpc) is 3.55.